The van der Waals surface area contributed by atoms with Crippen LogP contribution >= 0.6 is 11.6 Å². The average molecular weight is 318 g/mol. The summed E-state index contributed by atoms with van der Waals surface area (Å²) in [6.45, 7) is 2.30. The summed E-state index contributed by atoms with van der Waals surface area (Å²) < 4.78 is 28.7. The highest BCUT2D eigenvalue weighted by Gasteiger charge is 2.38. The summed E-state index contributed by atoms with van der Waals surface area (Å²) in [4.78, 5) is 0. The van der Waals surface area contributed by atoms with E-state index in [1.54, 1.807) is 6.07 Å². The van der Waals surface area contributed by atoms with Gasteiger partial charge in [-0.3, -0.25) is 0 Å². The van der Waals surface area contributed by atoms with Crippen LogP contribution in [0.1, 0.15) is 31.2 Å². The first-order valence-corrected chi connectivity index (χ1v) is 8.79. The maximum Gasteiger partial charge on any atom is 0.209 e. The molecule has 0 radical (unpaired) electrons. The summed E-state index contributed by atoms with van der Waals surface area (Å²) in [7, 11) is -3.49. The normalized spacial score (nSPS) is 18.1. The molecule has 1 aromatic carbocycles. The number of nitrogens with two attached hydrogens (primary N) is 1. The molecule has 0 amide bonds. The fourth-order valence-corrected chi connectivity index (χ4v) is 4.34. The molecule has 0 heterocycles. The Balaban J connectivity index is 2.09. The topological polar surface area (TPSA) is 69.4 Å². The van der Waals surface area contributed by atoms with Crippen LogP contribution < -0.4 is 9.88 Å². The lowest BCUT2D eigenvalue weighted by molar-refractivity contribution is 0.170. The molecule has 2 rings (SSSR count). The molecule has 112 valence electrons. The molecule has 0 aliphatic heterocycles. The highest BCUT2D eigenvalue weighted by molar-refractivity contribution is 7.89. The Kier molecular flexibility index (Phi) is 4.62. The third-order valence-corrected chi connectivity index (χ3v) is 5.09. The summed E-state index contributed by atoms with van der Waals surface area (Å²) in [6, 6.07) is 5.42. The van der Waals surface area contributed by atoms with Gasteiger partial charge in [-0.1, -0.05) is 24.4 Å². The van der Waals surface area contributed by atoms with Gasteiger partial charge in [0.2, 0.25) is 10.0 Å². The van der Waals surface area contributed by atoms with E-state index in [0.29, 0.717) is 11.6 Å². The molecular formula is C14H20ClNO3S. The van der Waals surface area contributed by atoms with Crippen LogP contribution in [0.2, 0.25) is 5.02 Å². The monoisotopic (exact) mass is 317 g/mol. The lowest BCUT2D eigenvalue weighted by atomic mass is 9.90. The van der Waals surface area contributed by atoms with Crippen molar-refractivity contribution in [3.05, 3.63) is 28.8 Å². The molecule has 1 fully saturated rings. The van der Waals surface area contributed by atoms with Crippen LogP contribution in [0.5, 0.6) is 5.75 Å². The number of primary sulfonamides is 1. The standard InChI is InChI=1S/C14H20ClNO3S/c1-11-8-12(15)4-5-13(11)19-9-14(6-2-3-7-14)10-20(16,17)18/h4-5,8H,2-3,6-7,9-10H2,1H3,(H2,16,17,18). The van der Waals surface area contributed by atoms with Crippen molar-refractivity contribution >= 4 is 21.6 Å². The number of ether oxygens (including phenoxy) is 1. The fraction of sp³-hybridized carbons (Fsp3) is 0.571. The summed E-state index contributed by atoms with van der Waals surface area (Å²) in [5.41, 5.74) is 0.598. The van der Waals surface area contributed by atoms with E-state index < -0.39 is 10.0 Å². The fourth-order valence-electron chi connectivity index (χ4n) is 2.89. The van der Waals surface area contributed by atoms with Crippen molar-refractivity contribution in [1.29, 1.82) is 0 Å². The number of rotatable bonds is 5. The van der Waals surface area contributed by atoms with Gasteiger partial charge in [0.1, 0.15) is 5.75 Å². The lowest BCUT2D eigenvalue weighted by Gasteiger charge is -2.28. The summed E-state index contributed by atoms with van der Waals surface area (Å²) in [6.07, 6.45) is 3.74. The second-order valence-electron chi connectivity index (χ2n) is 5.71. The van der Waals surface area contributed by atoms with Crippen molar-refractivity contribution in [3.63, 3.8) is 0 Å². The van der Waals surface area contributed by atoms with Crippen molar-refractivity contribution in [2.75, 3.05) is 12.4 Å². The molecule has 1 aliphatic carbocycles. The zero-order valence-corrected chi connectivity index (χ0v) is 13.1. The number of sulfonamides is 1. The number of aryl methyl sites for hydroxylation is 1. The molecule has 0 spiro atoms. The van der Waals surface area contributed by atoms with Crippen molar-refractivity contribution < 1.29 is 13.2 Å². The largest absolute Gasteiger partial charge is 0.493 e. The molecule has 0 aromatic heterocycles. The van der Waals surface area contributed by atoms with Gasteiger partial charge in [0.15, 0.2) is 0 Å². The number of halogens is 1. The molecule has 0 saturated heterocycles. The van der Waals surface area contributed by atoms with Gasteiger partial charge in [-0.15, -0.1) is 0 Å². The van der Waals surface area contributed by atoms with Crippen LogP contribution in [0.4, 0.5) is 0 Å². The SMILES string of the molecule is Cc1cc(Cl)ccc1OCC1(CS(N)(=O)=O)CCCC1. The number of hydrogen-bond donors (Lipinski definition) is 1. The Morgan fingerprint density at radius 3 is 2.55 bits per heavy atom. The van der Waals surface area contributed by atoms with Gasteiger partial charge in [-0.25, -0.2) is 13.6 Å². The van der Waals surface area contributed by atoms with Gasteiger partial charge in [0, 0.05) is 10.4 Å². The van der Waals surface area contributed by atoms with E-state index >= 15 is 0 Å². The quantitative estimate of drug-likeness (QED) is 0.907. The maximum absolute atomic E-state index is 11.4. The molecule has 6 heteroatoms. The van der Waals surface area contributed by atoms with Gasteiger partial charge in [0.05, 0.1) is 12.4 Å². The van der Waals surface area contributed by atoms with Crippen LogP contribution in [0.15, 0.2) is 18.2 Å². The molecule has 1 saturated carbocycles. The summed E-state index contributed by atoms with van der Waals surface area (Å²) in [5.74, 6) is 0.738. The molecule has 1 aromatic rings. The molecule has 4 nitrogen and oxygen atoms in total. The van der Waals surface area contributed by atoms with E-state index in [1.165, 1.54) is 0 Å². The van der Waals surface area contributed by atoms with Crippen LogP contribution in [0.3, 0.4) is 0 Å². The summed E-state index contributed by atoms with van der Waals surface area (Å²) in [5, 5.41) is 5.88. The zero-order valence-electron chi connectivity index (χ0n) is 11.6. The number of benzene rings is 1. The summed E-state index contributed by atoms with van der Waals surface area (Å²) >= 11 is 5.91. The second-order valence-corrected chi connectivity index (χ2v) is 7.76. The van der Waals surface area contributed by atoms with Crippen LogP contribution in [-0.2, 0) is 10.0 Å². The number of hydrogen-bond acceptors (Lipinski definition) is 3. The molecule has 1 aliphatic rings. The van der Waals surface area contributed by atoms with E-state index in [-0.39, 0.29) is 11.2 Å². The first-order chi connectivity index (χ1) is 9.30. The Morgan fingerprint density at radius 2 is 2.00 bits per heavy atom. The third-order valence-electron chi connectivity index (χ3n) is 3.84. The van der Waals surface area contributed by atoms with Gasteiger partial charge < -0.3 is 4.74 Å². The average Bonchev–Trinajstić information content (AvgIpc) is 2.74. The lowest BCUT2D eigenvalue weighted by Crippen LogP contribution is -2.36. The van der Waals surface area contributed by atoms with Crippen molar-refractivity contribution in [2.24, 2.45) is 10.6 Å². The van der Waals surface area contributed by atoms with Crippen LogP contribution in [0, 0.1) is 12.3 Å². The first-order valence-electron chi connectivity index (χ1n) is 6.69. The van der Waals surface area contributed by atoms with E-state index in [4.69, 9.17) is 21.5 Å². The minimum absolute atomic E-state index is 0.00730. The Bertz CT molecular complexity index is 580. The van der Waals surface area contributed by atoms with Crippen LogP contribution in [-0.4, -0.2) is 20.8 Å². The van der Waals surface area contributed by atoms with Crippen molar-refractivity contribution in [3.8, 4) is 5.75 Å². The predicted molar refractivity (Wildman–Crippen MR) is 80.6 cm³/mol. The van der Waals surface area contributed by atoms with Gasteiger partial charge in [0.25, 0.3) is 0 Å². The molecule has 0 atom stereocenters. The van der Waals surface area contributed by atoms with Crippen molar-refractivity contribution in [2.45, 2.75) is 32.6 Å². The van der Waals surface area contributed by atoms with Crippen LogP contribution in [0.25, 0.3) is 0 Å². The first kappa shape index (κ1) is 15.6. The molecule has 0 unspecified atom stereocenters. The van der Waals surface area contributed by atoms with E-state index in [0.717, 1.165) is 37.0 Å². The zero-order chi connectivity index (χ0) is 14.8. The maximum atomic E-state index is 11.4. The van der Waals surface area contributed by atoms with Crippen molar-refractivity contribution in [1.82, 2.24) is 0 Å². The van der Waals surface area contributed by atoms with Gasteiger partial charge in [-0.05, 0) is 43.5 Å². The van der Waals surface area contributed by atoms with Gasteiger partial charge >= 0.3 is 0 Å². The smallest absolute Gasteiger partial charge is 0.209 e. The Hall–Kier alpha value is -0.780. The molecule has 20 heavy (non-hydrogen) atoms. The van der Waals surface area contributed by atoms with Gasteiger partial charge in [-0.2, -0.15) is 0 Å². The predicted octanol–water partition coefficient (Wildman–Crippen LogP) is 2.88. The highest BCUT2D eigenvalue weighted by Crippen LogP contribution is 2.39. The Labute approximate surface area is 125 Å². The molecule has 0 bridgehead atoms. The molecule has 2 N–H and O–H groups in total. The van der Waals surface area contributed by atoms with E-state index in [1.807, 2.05) is 19.1 Å². The molecular weight excluding hydrogens is 298 g/mol. The second kappa shape index (κ2) is 5.92. The third kappa shape index (κ3) is 4.11. The van der Waals surface area contributed by atoms with E-state index in [2.05, 4.69) is 0 Å². The highest BCUT2D eigenvalue weighted by atomic mass is 35.5. The minimum atomic E-state index is -3.49. The van der Waals surface area contributed by atoms with E-state index in [9.17, 15) is 8.42 Å². The Morgan fingerprint density at radius 1 is 1.35 bits per heavy atom. The minimum Gasteiger partial charge on any atom is -0.493 e.